The zero-order valence-electron chi connectivity index (χ0n) is 12.1. The van der Waals surface area contributed by atoms with Gasteiger partial charge in [-0.25, -0.2) is 4.98 Å². The highest BCUT2D eigenvalue weighted by atomic mass is 16.1. The van der Waals surface area contributed by atoms with Gasteiger partial charge in [0.2, 0.25) is 5.91 Å². The molecule has 5 nitrogen and oxygen atoms in total. The number of anilines is 1. The van der Waals surface area contributed by atoms with Crippen LogP contribution in [0.5, 0.6) is 0 Å². The number of carbonyl (C=O) groups excluding carboxylic acids is 1. The summed E-state index contributed by atoms with van der Waals surface area (Å²) in [6.45, 7) is 7.03. The van der Waals surface area contributed by atoms with E-state index >= 15 is 0 Å². The monoisotopic (exact) mass is 272 g/mol. The Balaban J connectivity index is 1.88. The molecule has 0 aliphatic heterocycles. The van der Waals surface area contributed by atoms with Gasteiger partial charge in [-0.3, -0.25) is 9.48 Å². The number of hydrogen-bond donors (Lipinski definition) is 1. The molecule has 0 saturated heterocycles. The maximum absolute atomic E-state index is 11.8. The van der Waals surface area contributed by atoms with Crippen LogP contribution in [-0.2, 0) is 16.8 Å². The second-order valence-electron chi connectivity index (χ2n) is 5.78. The van der Waals surface area contributed by atoms with Crippen molar-refractivity contribution in [3.63, 3.8) is 0 Å². The molecular weight excluding hydrogens is 252 g/mol. The lowest BCUT2D eigenvalue weighted by atomic mass is 9.87. The molecule has 1 aromatic carbocycles. The minimum Gasteiger partial charge on any atom is -0.326 e. The van der Waals surface area contributed by atoms with E-state index in [1.54, 1.807) is 11.0 Å². The van der Waals surface area contributed by atoms with E-state index in [1.807, 2.05) is 24.3 Å². The number of hydrogen-bond acceptors (Lipinski definition) is 3. The highest BCUT2D eigenvalue weighted by Gasteiger charge is 2.13. The second kappa shape index (κ2) is 5.86. The number of amides is 1. The summed E-state index contributed by atoms with van der Waals surface area (Å²) in [7, 11) is 0. The van der Waals surface area contributed by atoms with Crippen LogP contribution in [0.2, 0.25) is 0 Å². The molecular formula is C15H20N4O. The number of aryl methyl sites for hydroxylation is 1. The summed E-state index contributed by atoms with van der Waals surface area (Å²) >= 11 is 0. The van der Waals surface area contributed by atoms with E-state index in [2.05, 4.69) is 36.2 Å². The van der Waals surface area contributed by atoms with Gasteiger partial charge in [-0.1, -0.05) is 32.9 Å². The van der Waals surface area contributed by atoms with E-state index in [0.717, 1.165) is 5.69 Å². The van der Waals surface area contributed by atoms with Crippen molar-refractivity contribution in [2.45, 2.75) is 39.2 Å². The van der Waals surface area contributed by atoms with Gasteiger partial charge in [-0.2, -0.15) is 5.10 Å². The molecule has 0 radical (unpaired) electrons. The van der Waals surface area contributed by atoms with Crippen molar-refractivity contribution in [3.05, 3.63) is 42.5 Å². The Hall–Kier alpha value is -2.17. The normalized spacial score (nSPS) is 11.3. The van der Waals surface area contributed by atoms with E-state index in [4.69, 9.17) is 0 Å². The number of carbonyl (C=O) groups is 1. The maximum atomic E-state index is 11.8. The van der Waals surface area contributed by atoms with Crippen molar-refractivity contribution in [1.82, 2.24) is 14.8 Å². The zero-order valence-corrected chi connectivity index (χ0v) is 12.1. The van der Waals surface area contributed by atoms with E-state index in [0.29, 0.717) is 13.0 Å². The zero-order chi connectivity index (χ0) is 14.6. The van der Waals surface area contributed by atoms with E-state index in [9.17, 15) is 4.79 Å². The van der Waals surface area contributed by atoms with Crippen molar-refractivity contribution in [2.24, 2.45) is 0 Å². The highest BCUT2D eigenvalue weighted by Crippen LogP contribution is 2.23. The largest absolute Gasteiger partial charge is 0.326 e. The van der Waals surface area contributed by atoms with Gasteiger partial charge in [-0.15, -0.1) is 0 Å². The van der Waals surface area contributed by atoms with E-state index in [-0.39, 0.29) is 11.3 Å². The summed E-state index contributed by atoms with van der Waals surface area (Å²) in [6.07, 6.45) is 3.44. The minimum absolute atomic E-state index is 0.0241. The first kappa shape index (κ1) is 14.2. The number of rotatable bonds is 4. The first-order valence-corrected chi connectivity index (χ1v) is 6.68. The molecule has 0 atom stereocenters. The summed E-state index contributed by atoms with van der Waals surface area (Å²) in [5.74, 6) is -0.0241. The highest BCUT2D eigenvalue weighted by molar-refractivity contribution is 5.90. The van der Waals surface area contributed by atoms with Crippen molar-refractivity contribution in [1.29, 1.82) is 0 Å². The Labute approximate surface area is 119 Å². The Kier molecular flexibility index (Phi) is 4.17. The molecule has 1 amide bonds. The molecule has 0 aliphatic carbocycles. The summed E-state index contributed by atoms with van der Waals surface area (Å²) < 4.78 is 1.64. The van der Waals surface area contributed by atoms with Crippen molar-refractivity contribution >= 4 is 11.6 Å². The van der Waals surface area contributed by atoms with Gasteiger partial charge in [0, 0.05) is 12.1 Å². The first-order valence-electron chi connectivity index (χ1n) is 6.68. The average molecular weight is 272 g/mol. The van der Waals surface area contributed by atoms with Crippen LogP contribution < -0.4 is 5.32 Å². The lowest BCUT2D eigenvalue weighted by Crippen LogP contribution is -2.15. The van der Waals surface area contributed by atoms with Crippen molar-refractivity contribution in [2.75, 3.05) is 5.32 Å². The van der Waals surface area contributed by atoms with Gasteiger partial charge in [0.15, 0.2) is 0 Å². The molecule has 0 bridgehead atoms. The molecule has 1 heterocycles. The topological polar surface area (TPSA) is 59.8 Å². The lowest BCUT2D eigenvalue weighted by Gasteiger charge is -2.19. The van der Waals surface area contributed by atoms with Crippen LogP contribution in [0.3, 0.4) is 0 Å². The molecule has 1 aromatic heterocycles. The third-order valence-corrected chi connectivity index (χ3v) is 3.07. The second-order valence-corrected chi connectivity index (χ2v) is 5.78. The van der Waals surface area contributed by atoms with Gasteiger partial charge in [-0.05, 0) is 23.1 Å². The molecule has 0 unspecified atom stereocenters. The van der Waals surface area contributed by atoms with Crippen molar-refractivity contribution in [3.8, 4) is 0 Å². The molecule has 0 aliphatic rings. The van der Waals surface area contributed by atoms with Crippen molar-refractivity contribution < 1.29 is 4.79 Å². The quantitative estimate of drug-likeness (QED) is 0.930. The summed E-state index contributed by atoms with van der Waals surface area (Å²) in [5.41, 5.74) is 2.19. The van der Waals surface area contributed by atoms with Gasteiger partial charge in [0.1, 0.15) is 12.7 Å². The van der Waals surface area contributed by atoms with Gasteiger partial charge in [0.25, 0.3) is 0 Å². The summed E-state index contributed by atoms with van der Waals surface area (Å²) in [5, 5.41) is 6.84. The lowest BCUT2D eigenvalue weighted by molar-refractivity contribution is -0.116. The summed E-state index contributed by atoms with van der Waals surface area (Å²) in [4.78, 5) is 15.7. The number of nitrogens with zero attached hydrogens (tertiary/aromatic N) is 3. The fourth-order valence-corrected chi connectivity index (χ4v) is 1.84. The Morgan fingerprint density at radius 1 is 1.25 bits per heavy atom. The Morgan fingerprint density at radius 3 is 2.50 bits per heavy atom. The fourth-order valence-electron chi connectivity index (χ4n) is 1.84. The molecule has 1 N–H and O–H groups in total. The van der Waals surface area contributed by atoms with Crippen LogP contribution in [0.4, 0.5) is 5.69 Å². The maximum Gasteiger partial charge on any atom is 0.226 e. The Bertz CT molecular complexity index is 553. The van der Waals surface area contributed by atoms with E-state index in [1.165, 1.54) is 11.9 Å². The molecule has 20 heavy (non-hydrogen) atoms. The van der Waals surface area contributed by atoms with Crippen LogP contribution in [0.1, 0.15) is 32.8 Å². The average Bonchev–Trinajstić information content (AvgIpc) is 2.89. The molecule has 5 heteroatoms. The van der Waals surface area contributed by atoms with E-state index < -0.39 is 0 Å². The molecule has 0 saturated carbocycles. The third kappa shape index (κ3) is 3.91. The van der Waals surface area contributed by atoms with Gasteiger partial charge in [0.05, 0.1) is 6.54 Å². The molecule has 0 fully saturated rings. The van der Waals surface area contributed by atoms with Crippen LogP contribution in [0, 0.1) is 0 Å². The molecule has 0 spiro atoms. The smallest absolute Gasteiger partial charge is 0.226 e. The molecule has 2 aromatic rings. The SMILES string of the molecule is CC(C)(C)c1ccc(NC(=O)CCn2cncn2)cc1. The third-order valence-electron chi connectivity index (χ3n) is 3.07. The number of aromatic nitrogens is 3. The Morgan fingerprint density at radius 2 is 1.95 bits per heavy atom. The predicted molar refractivity (Wildman–Crippen MR) is 78.4 cm³/mol. The van der Waals surface area contributed by atoms with Crippen LogP contribution in [-0.4, -0.2) is 20.7 Å². The van der Waals surface area contributed by atoms with Gasteiger partial charge >= 0.3 is 0 Å². The summed E-state index contributed by atoms with van der Waals surface area (Å²) in [6, 6.07) is 7.97. The first-order chi connectivity index (χ1) is 9.45. The fraction of sp³-hybridized carbons (Fsp3) is 0.400. The number of nitrogens with one attached hydrogen (secondary N) is 1. The van der Waals surface area contributed by atoms with Crippen LogP contribution in [0.15, 0.2) is 36.9 Å². The predicted octanol–water partition coefficient (Wildman–Crippen LogP) is 2.60. The standard InChI is InChI=1S/C15H20N4O/c1-15(2,3)12-4-6-13(7-5-12)18-14(20)8-9-19-11-16-10-17-19/h4-7,10-11H,8-9H2,1-3H3,(H,18,20). The minimum atomic E-state index is -0.0241. The molecule has 106 valence electrons. The van der Waals surface area contributed by atoms with Crippen LogP contribution in [0.25, 0.3) is 0 Å². The molecule has 2 rings (SSSR count). The number of benzene rings is 1. The van der Waals surface area contributed by atoms with Gasteiger partial charge < -0.3 is 5.32 Å². The van der Waals surface area contributed by atoms with Crippen LogP contribution >= 0.6 is 0 Å².